The van der Waals surface area contributed by atoms with E-state index in [1.807, 2.05) is 61.5 Å². The number of rotatable bonds is 4. The third-order valence-corrected chi connectivity index (χ3v) is 7.53. The highest BCUT2D eigenvalue weighted by molar-refractivity contribution is 7.89. The number of aryl methyl sites for hydroxylation is 2. The van der Waals surface area contributed by atoms with E-state index in [-0.39, 0.29) is 10.8 Å². The van der Waals surface area contributed by atoms with E-state index in [2.05, 4.69) is 22.9 Å². The van der Waals surface area contributed by atoms with E-state index in [1.165, 1.54) is 5.56 Å². The van der Waals surface area contributed by atoms with Gasteiger partial charge >= 0.3 is 0 Å². The van der Waals surface area contributed by atoms with Gasteiger partial charge in [0.15, 0.2) is 0 Å². The number of nitrogens with zero attached hydrogens (tertiary/aromatic N) is 1. The van der Waals surface area contributed by atoms with Crippen LogP contribution in [0, 0.1) is 12.8 Å². The van der Waals surface area contributed by atoms with Crippen molar-refractivity contribution in [1.29, 1.82) is 0 Å². The number of sulfonamides is 1. The molecule has 0 saturated heterocycles. The lowest BCUT2D eigenvalue weighted by Crippen LogP contribution is -2.38. The van der Waals surface area contributed by atoms with Crippen LogP contribution in [0.5, 0.6) is 0 Å². The molecule has 0 fully saturated rings. The Kier molecular flexibility index (Phi) is 5.08. The van der Waals surface area contributed by atoms with E-state index < -0.39 is 16.1 Å². The maximum atomic E-state index is 13.3. The number of aliphatic imine (C=N–C) groups is 1. The summed E-state index contributed by atoms with van der Waals surface area (Å²) in [5.41, 5.74) is 6.28. The van der Waals surface area contributed by atoms with Crippen molar-refractivity contribution in [1.82, 2.24) is 4.72 Å². The Labute approximate surface area is 183 Å². The molecule has 0 bridgehead atoms. The van der Waals surface area contributed by atoms with Crippen LogP contribution in [0.1, 0.15) is 34.7 Å². The predicted octanol–water partition coefficient (Wildman–Crippen LogP) is 5.38. The lowest BCUT2D eigenvalue weighted by atomic mass is 9.80. The maximum absolute atomic E-state index is 13.3. The fourth-order valence-corrected chi connectivity index (χ4v) is 5.63. The summed E-state index contributed by atoms with van der Waals surface area (Å²) in [6.07, 6.45) is 5.91. The first-order valence-corrected chi connectivity index (χ1v) is 12.0. The van der Waals surface area contributed by atoms with Gasteiger partial charge in [-0.25, -0.2) is 13.1 Å². The minimum Gasteiger partial charge on any atom is -0.257 e. The van der Waals surface area contributed by atoms with Crippen LogP contribution >= 0.6 is 0 Å². The number of nitrogens with one attached hydrogen (secondary N) is 1. The zero-order valence-corrected chi connectivity index (χ0v) is 18.1. The molecule has 0 amide bonds. The SMILES string of the molecule is Cc1ccc(S(=O)(=O)N[C@H]2c3ccccc3C=C[C@H]2C2=Nc3ccccc3CC2)cc1. The highest BCUT2D eigenvalue weighted by atomic mass is 32.2. The standard InChI is InChI=1S/C26H24N2O2S/c1-18-10-14-21(15-11-18)31(29,30)28-26-22-8-4-2-6-19(22)12-16-23(26)25-17-13-20-7-3-5-9-24(20)27-25/h2-12,14-16,23,26,28H,13,17H2,1H3/t23-,26-/m0/s1. The first kappa shape index (κ1) is 19.9. The summed E-state index contributed by atoms with van der Waals surface area (Å²) in [5, 5.41) is 0. The molecule has 3 aromatic carbocycles. The van der Waals surface area contributed by atoms with Crippen molar-refractivity contribution in [2.75, 3.05) is 0 Å². The summed E-state index contributed by atoms with van der Waals surface area (Å²) < 4.78 is 29.5. The molecule has 0 radical (unpaired) electrons. The Bertz CT molecular complexity index is 1290. The molecule has 31 heavy (non-hydrogen) atoms. The predicted molar refractivity (Wildman–Crippen MR) is 125 cm³/mol. The normalized spacial score (nSPS) is 20.0. The fourth-order valence-electron chi connectivity index (χ4n) is 4.40. The monoisotopic (exact) mass is 428 g/mol. The summed E-state index contributed by atoms with van der Waals surface area (Å²) in [6.45, 7) is 1.95. The Balaban J connectivity index is 1.55. The van der Waals surface area contributed by atoms with Gasteiger partial charge in [0.1, 0.15) is 0 Å². The van der Waals surface area contributed by atoms with Crippen molar-refractivity contribution in [2.45, 2.75) is 30.7 Å². The lowest BCUT2D eigenvalue weighted by molar-refractivity contribution is 0.529. The Morgan fingerprint density at radius 3 is 2.48 bits per heavy atom. The Hall–Kier alpha value is -3.02. The molecule has 0 unspecified atom stereocenters. The number of fused-ring (bicyclic) bond motifs is 2. The average molecular weight is 429 g/mol. The summed E-state index contributed by atoms with van der Waals surface area (Å²) >= 11 is 0. The molecule has 0 spiro atoms. The molecule has 156 valence electrons. The van der Waals surface area contributed by atoms with E-state index in [4.69, 9.17) is 4.99 Å². The minimum atomic E-state index is -3.69. The van der Waals surface area contributed by atoms with Crippen LogP contribution in [0.25, 0.3) is 6.08 Å². The second-order valence-corrected chi connectivity index (χ2v) is 9.87. The van der Waals surface area contributed by atoms with Gasteiger partial charge in [-0.3, -0.25) is 4.99 Å². The molecular formula is C26H24N2O2S. The summed E-state index contributed by atoms with van der Waals surface area (Å²) in [7, 11) is -3.69. The second-order valence-electron chi connectivity index (χ2n) is 8.16. The molecule has 1 N–H and O–H groups in total. The second kappa shape index (κ2) is 7.91. The molecule has 0 saturated carbocycles. The molecule has 1 aliphatic carbocycles. The van der Waals surface area contributed by atoms with Crippen molar-refractivity contribution in [2.24, 2.45) is 10.9 Å². The topological polar surface area (TPSA) is 58.5 Å². The largest absolute Gasteiger partial charge is 0.257 e. The first-order valence-electron chi connectivity index (χ1n) is 10.5. The van der Waals surface area contributed by atoms with Gasteiger partial charge in [-0.05, 0) is 54.7 Å². The lowest BCUT2D eigenvalue weighted by Gasteiger charge is -2.32. The highest BCUT2D eigenvalue weighted by Gasteiger charge is 2.34. The Morgan fingerprint density at radius 2 is 1.65 bits per heavy atom. The van der Waals surface area contributed by atoms with Crippen LogP contribution in [0.2, 0.25) is 0 Å². The molecule has 4 nitrogen and oxygen atoms in total. The quantitative estimate of drug-likeness (QED) is 0.607. The number of hydrogen-bond acceptors (Lipinski definition) is 3. The van der Waals surface area contributed by atoms with Crippen LogP contribution < -0.4 is 4.72 Å². The smallest absolute Gasteiger partial charge is 0.241 e. The van der Waals surface area contributed by atoms with Crippen LogP contribution in [0.4, 0.5) is 5.69 Å². The molecule has 1 heterocycles. The molecule has 2 aliphatic rings. The van der Waals surface area contributed by atoms with E-state index in [9.17, 15) is 8.42 Å². The Morgan fingerprint density at radius 1 is 0.903 bits per heavy atom. The molecule has 1 aliphatic heterocycles. The van der Waals surface area contributed by atoms with Gasteiger partial charge in [0.25, 0.3) is 0 Å². The van der Waals surface area contributed by atoms with Crippen molar-refractivity contribution in [3.8, 4) is 0 Å². The number of hydrogen-bond donors (Lipinski definition) is 1. The van der Waals surface area contributed by atoms with Gasteiger partial charge in [0.2, 0.25) is 10.0 Å². The van der Waals surface area contributed by atoms with Crippen LogP contribution in [0.3, 0.4) is 0 Å². The molecular weight excluding hydrogens is 404 g/mol. The van der Waals surface area contributed by atoms with Gasteiger partial charge in [-0.1, -0.05) is 72.3 Å². The molecule has 0 aromatic heterocycles. The maximum Gasteiger partial charge on any atom is 0.241 e. The van der Waals surface area contributed by atoms with Crippen molar-refractivity contribution in [3.63, 3.8) is 0 Å². The molecule has 5 rings (SSSR count). The first-order chi connectivity index (χ1) is 15.0. The highest BCUT2D eigenvalue weighted by Crippen LogP contribution is 2.38. The number of para-hydroxylation sites is 1. The summed E-state index contributed by atoms with van der Waals surface area (Å²) in [4.78, 5) is 5.21. The zero-order valence-electron chi connectivity index (χ0n) is 17.3. The van der Waals surface area contributed by atoms with Crippen LogP contribution in [-0.4, -0.2) is 14.1 Å². The molecule has 3 aromatic rings. The van der Waals surface area contributed by atoms with E-state index >= 15 is 0 Å². The van der Waals surface area contributed by atoms with Crippen molar-refractivity contribution >= 4 is 27.5 Å². The third-order valence-electron chi connectivity index (χ3n) is 6.08. The average Bonchev–Trinajstić information content (AvgIpc) is 2.79. The molecule has 5 heteroatoms. The van der Waals surface area contributed by atoms with Gasteiger partial charge in [-0.2, -0.15) is 0 Å². The van der Waals surface area contributed by atoms with Gasteiger partial charge < -0.3 is 0 Å². The van der Waals surface area contributed by atoms with Gasteiger partial charge in [-0.15, -0.1) is 0 Å². The van der Waals surface area contributed by atoms with Gasteiger partial charge in [0.05, 0.1) is 16.6 Å². The fraction of sp³-hybridized carbons (Fsp3) is 0.192. The van der Waals surface area contributed by atoms with Crippen LogP contribution in [0.15, 0.2) is 88.8 Å². The van der Waals surface area contributed by atoms with E-state index in [1.54, 1.807) is 12.1 Å². The van der Waals surface area contributed by atoms with E-state index in [0.29, 0.717) is 0 Å². The number of benzene rings is 3. The van der Waals surface area contributed by atoms with E-state index in [0.717, 1.165) is 40.9 Å². The van der Waals surface area contributed by atoms with Crippen molar-refractivity contribution < 1.29 is 8.42 Å². The van der Waals surface area contributed by atoms with Crippen molar-refractivity contribution in [3.05, 3.63) is 101 Å². The third kappa shape index (κ3) is 3.87. The van der Waals surface area contributed by atoms with Gasteiger partial charge in [0, 0.05) is 11.6 Å². The zero-order chi connectivity index (χ0) is 21.4. The summed E-state index contributed by atoms with van der Waals surface area (Å²) in [6, 6.07) is 22.7. The molecule has 2 atom stereocenters. The minimum absolute atomic E-state index is 0.136. The van der Waals surface area contributed by atoms with Crippen LogP contribution in [-0.2, 0) is 16.4 Å². The summed E-state index contributed by atoms with van der Waals surface area (Å²) in [5.74, 6) is -0.136.